The summed E-state index contributed by atoms with van der Waals surface area (Å²) in [6, 6.07) is 8.48. The Bertz CT molecular complexity index is 1900. The Morgan fingerprint density at radius 1 is 1.08 bits per heavy atom. The molecule has 6 unspecified atom stereocenters. The second-order valence-electron chi connectivity index (χ2n) is 11.9. The van der Waals surface area contributed by atoms with Gasteiger partial charge in [-0.15, -0.1) is 0 Å². The van der Waals surface area contributed by atoms with Crippen LogP contribution in [0.1, 0.15) is 34.3 Å². The molecule has 13 N–H and O–H groups in total. The third-order valence-corrected chi connectivity index (χ3v) is 8.48. The number of carbonyl (C=O) groups is 4. The van der Waals surface area contributed by atoms with Crippen molar-refractivity contribution >= 4 is 48.4 Å². The average Bonchev–Trinajstić information content (AvgIpc) is 3.33. The molecular weight excluding hydrogens is 715 g/mol. The highest BCUT2D eigenvalue weighted by Crippen LogP contribution is 2.37. The number of nitrogens with one attached hydrogen (secondary N) is 4. The molecule has 4 rings (SSSR count). The highest BCUT2D eigenvalue weighted by molar-refractivity contribution is 7.46. The first-order chi connectivity index (χ1) is 24.3. The Kier molecular flexibility index (Phi) is 12.8. The average molecular weight is 753 g/mol. The SMILES string of the molecule is Nc1nc2ccc(CC(O)(CNCC(=O)NC3OC(COP(=O)(O)O)C(O)C3O)c3ccc(C(=O)NC(CCC(=O)O)C(=O)O)cc3)cc2c(=O)[nH]1. The molecule has 2 aromatic carbocycles. The van der Waals surface area contributed by atoms with Crippen molar-refractivity contribution in [3.63, 3.8) is 0 Å². The number of benzene rings is 2. The number of nitrogen functional groups attached to an aromatic ring is 1. The molecule has 3 aromatic rings. The van der Waals surface area contributed by atoms with E-state index >= 15 is 0 Å². The Balaban J connectivity index is 1.50. The van der Waals surface area contributed by atoms with Crippen LogP contribution in [-0.2, 0) is 40.2 Å². The van der Waals surface area contributed by atoms with E-state index in [0.717, 1.165) is 0 Å². The second-order valence-corrected chi connectivity index (χ2v) is 13.2. The van der Waals surface area contributed by atoms with Gasteiger partial charge in [0.1, 0.15) is 30.0 Å². The summed E-state index contributed by atoms with van der Waals surface area (Å²) in [6.07, 6.45) is -7.20. The van der Waals surface area contributed by atoms with Gasteiger partial charge in [0.05, 0.1) is 24.1 Å². The van der Waals surface area contributed by atoms with Gasteiger partial charge in [-0.3, -0.25) is 28.7 Å². The lowest BCUT2D eigenvalue weighted by Gasteiger charge is -2.30. The minimum Gasteiger partial charge on any atom is -0.481 e. The van der Waals surface area contributed by atoms with Crippen LogP contribution in [0.15, 0.2) is 47.3 Å². The first kappa shape index (κ1) is 39.9. The number of hydrogen-bond acceptors (Lipinski definition) is 14. The van der Waals surface area contributed by atoms with Crippen molar-refractivity contribution in [1.29, 1.82) is 0 Å². The summed E-state index contributed by atoms with van der Waals surface area (Å²) in [5.74, 6) is -4.37. The molecule has 1 aliphatic rings. The number of aromatic amines is 1. The van der Waals surface area contributed by atoms with Gasteiger partial charge in [0.25, 0.3) is 11.5 Å². The number of aromatic nitrogens is 2. The monoisotopic (exact) mass is 752 g/mol. The zero-order valence-electron chi connectivity index (χ0n) is 27.0. The fourth-order valence-electron chi connectivity index (χ4n) is 5.39. The minimum atomic E-state index is -4.91. The number of aliphatic hydroxyl groups is 3. The van der Waals surface area contributed by atoms with E-state index in [9.17, 15) is 49.0 Å². The number of carboxylic acid groups (broad SMARTS) is 2. The number of nitrogens with zero attached hydrogens (tertiary/aromatic N) is 1. The van der Waals surface area contributed by atoms with Crippen LogP contribution >= 0.6 is 7.82 Å². The molecule has 6 atom stereocenters. The van der Waals surface area contributed by atoms with Gasteiger partial charge in [-0.2, -0.15) is 0 Å². The highest BCUT2D eigenvalue weighted by atomic mass is 31.2. The van der Waals surface area contributed by atoms with Crippen LogP contribution in [0.2, 0.25) is 0 Å². The normalized spacial score (nSPS) is 20.6. The first-order valence-electron chi connectivity index (χ1n) is 15.4. The Hall–Kier alpha value is -4.83. The maximum atomic E-state index is 12.8. The van der Waals surface area contributed by atoms with Crippen LogP contribution in [0.5, 0.6) is 0 Å². The molecular formula is C30H37N6O15P. The smallest absolute Gasteiger partial charge is 0.469 e. The van der Waals surface area contributed by atoms with E-state index in [1.807, 2.05) is 0 Å². The van der Waals surface area contributed by atoms with E-state index in [4.69, 9.17) is 25.4 Å². The van der Waals surface area contributed by atoms with E-state index in [1.165, 1.54) is 36.4 Å². The van der Waals surface area contributed by atoms with Crippen LogP contribution < -0.4 is 27.2 Å². The molecule has 1 aliphatic heterocycles. The fraction of sp³-hybridized carbons (Fsp3) is 0.400. The molecule has 2 heterocycles. The number of hydrogen-bond donors (Lipinski definition) is 12. The van der Waals surface area contributed by atoms with Crippen LogP contribution in [0, 0.1) is 0 Å². The number of fused-ring (bicyclic) bond motifs is 1. The van der Waals surface area contributed by atoms with Crippen molar-refractivity contribution in [2.24, 2.45) is 0 Å². The number of phosphoric ester groups is 1. The number of rotatable bonds is 17. The summed E-state index contributed by atoms with van der Waals surface area (Å²) in [6.45, 7) is -1.59. The van der Waals surface area contributed by atoms with E-state index in [1.54, 1.807) is 6.07 Å². The molecule has 2 amide bonds. The summed E-state index contributed by atoms with van der Waals surface area (Å²) in [7, 11) is -4.91. The summed E-state index contributed by atoms with van der Waals surface area (Å²) >= 11 is 0. The molecule has 1 aromatic heterocycles. The van der Waals surface area contributed by atoms with Gasteiger partial charge >= 0.3 is 19.8 Å². The van der Waals surface area contributed by atoms with Crippen molar-refractivity contribution < 1.29 is 68.3 Å². The molecule has 22 heteroatoms. The zero-order valence-corrected chi connectivity index (χ0v) is 27.9. The predicted octanol–water partition coefficient (Wildman–Crippen LogP) is -2.75. The standard InChI is InChI=1S/C30H37N6O15P/c31-29-34-18-6-1-14(9-17(18)26(43)36-29)10-30(46,16-4-2-15(3-5-16)25(42)33-19(28(44)45)7-8-22(38)39)13-32-11-21(37)35-27-24(41)23(40)20(51-27)12-50-52(47,48)49/h1-6,9,19-20,23-24,27,32,40-41,46H,7-8,10-13H2,(H,33,42)(H,35,37)(H,38,39)(H,44,45)(H2,47,48,49)(H3,31,34,36,43). The highest BCUT2D eigenvalue weighted by Gasteiger charge is 2.44. The second kappa shape index (κ2) is 16.7. The van der Waals surface area contributed by atoms with Crippen molar-refractivity contribution in [2.45, 2.75) is 55.4 Å². The van der Waals surface area contributed by atoms with E-state index in [2.05, 4.69) is 30.4 Å². The number of amides is 2. The fourth-order valence-corrected chi connectivity index (χ4v) is 5.73. The molecule has 0 radical (unpaired) electrons. The van der Waals surface area contributed by atoms with Crippen molar-refractivity contribution in [2.75, 3.05) is 25.4 Å². The lowest BCUT2D eigenvalue weighted by Crippen LogP contribution is -2.48. The van der Waals surface area contributed by atoms with Gasteiger partial charge in [-0.1, -0.05) is 18.2 Å². The largest absolute Gasteiger partial charge is 0.481 e. The number of phosphoric acid groups is 1. The summed E-state index contributed by atoms with van der Waals surface area (Å²) in [5.41, 5.74) is 4.20. The predicted molar refractivity (Wildman–Crippen MR) is 176 cm³/mol. The number of aliphatic hydroxyl groups excluding tert-OH is 2. The van der Waals surface area contributed by atoms with Gasteiger partial charge in [0.15, 0.2) is 6.23 Å². The molecule has 0 saturated carbocycles. The third-order valence-electron chi connectivity index (χ3n) is 8.00. The van der Waals surface area contributed by atoms with E-state index in [-0.39, 0.29) is 41.8 Å². The Morgan fingerprint density at radius 2 is 1.77 bits per heavy atom. The number of aliphatic carboxylic acids is 2. The number of nitrogens with two attached hydrogens (primary N) is 1. The number of anilines is 1. The Labute approximate surface area is 293 Å². The molecule has 1 saturated heterocycles. The summed E-state index contributed by atoms with van der Waals surface area (Å²) in [4.78, 5) is 84.7. The van der Waals surface area contributed by atoms with E-state index in [0.29, 0.717) is 11.1 Å². The Morgan fingerprint density at radius 3 is 2.40 bits per heavy atom. The maximum absolute atomic E-state index is 12.8. The summed E-state index contributed by atoms with van der Waals surface area (Å²) < 4.78 is 20.6. The third kappa shape index (κ3) is 10.6. The van der Waals surface area contributed by atoms with Crippen molar-refractivity contribution in [3.8, 4) is 0 Å². The first-order valence-corrected chi connectivity index (χ1v) is 17.0. The van der Waals surface area contributed by atoms with Crippen LogP contribution in [0.3, 0.4) is 0 Å². The molecule has 0 bridgehead atoms. The molecule has 0 spiro atoms. The van der Waals surface area contributed by atoms with Crippen LogP contribution in [0.25, 0.3) is 10.9 Å². The quantitative estimate of drug-likeness (QED) is 0.0621. The lowest BCUT2D eigenvalue weighted by molar-refractivity contribution is -0.140. The van der Waals surface area contributed by atoms with Crippen LogP contribution in [0.4, 0.5) is 5.95 Å². The summed E-state index contributed by atoms with van der Waals surface area (Å²) in [5, 5.41) is 58.2. The zero-order chi connectivity index (χ0) is 38.4. The topological polar surface area (TPSA) is 353 Å². The number of H-pyrrole nitrogens is 1. The molecule has 21 nitrogen and oxygen atoms in total. The molecule has 282 valence electrons. The number of carboxylic acids is 2. The molecule has 52 heavy (non-hydrogen) atoms. The minimum absolute atomic E-state index is 0.0114. The van der Waals surface area contributed by atoms with Gasteiger partial charge in [-0.05, 0) is 41.8 Å². The van der Waals surface area contributed by atoms with Gasteiger partial charge in [0.2, 0.25) is 11.9 Å². The van der Waals surface area contributed by atoms with Gasteiger partial charge < -0.3 is 61.7 Å². The van der Waals surface area contributed by atoms with Crippen molar-refractivity contribution in [3.05, 3.63) is 69.5 Å². The number of carbonyl (C=O) groups excluding carboxylic acids is 2. The van der Waals surface area contributed by atoms with Gasteiger partial charge in [-0.25, -0.2) is 14.3 Å². The molecule has 0 aliphatic carbocycles. The van der Waals surface area contributed by atoms with Crippen molar-refractivity contribution in [1.82, 2.24) is 25.9 Å². The van der Waals surface area contributed by atoms with E-state index < -0.39 is 92.9 Å². The van der Waals surface area contributed by atoms with Crippen LogP contribution in [-0.4, -0.2) is 119 Å². The number of ether oxygens (including phenoxy) is 1. The van der Waals surface area contributed by atoms with Gasteiger partial charge in [0, 0.05) is 24.9 Å². The molecule has 1 fully saturated rings. The lowest BCUT2D eigenvalue weighted by atomic mass is 9.86. The maximum Gasteiger partial charge on any atom is 0.469 e.